The van der Waals surface area contributed by atoms with Crippen molar-refractivity contribution in [3.8, 4) is 5.75 Å². The van der Waals surface area contributed by atoms with E-state index in [0.29, 0.717) is 30.9 Å². The van der Waals surface area contributed by atoms with Gasteiger partial charge in [0.2, 0.25) is 5.91 Å². The molecular formula is C17H20N2O6. The summed E-state index contributed by atoms with van der Waals surface area (Å²) in [7, 11) is 1.55. The van der Waals surface area contributed by atoms with E-state index >= 15 is 0 Å². The molecule has 134 valence electrons. The fourth-order valence-electron chi connectivity index (χ4n) is 3.19. The first-order chi connectivity index (χ1) is 12.0. The maximum atomic E-state index is 12.4. The number of nitrogens with zero attached hydrogens (tertiary/aromatic N) is 2. The zero-order valence-electron chi connectivity index (χ0n) is 13.9. The van der Waals surface area contributed by atoms with Gasteiger partial charge in [-0.25, -0.2) is 4.79 Å². The summed E-state index contributed by atoms with van der Waals surface area (Å²) < 4.78 is 10.4. The molecule has 1 N–H and O–H groups in total. The third kappa shape index (κ3) is 3.52. The molecule has 1 aromatic carbocycles. The minimum Gasteiger partial charge on any atom is -0.497 e. The van der Waals surface area contributed by atoms with Gasteiger partial charge in [-0.2, -0.15) is 0 Å². The largest absolute Gasteiger partial charge is 0.497 e. The van der Waals surface area contributed by atoms with Crippen molar-refractivity contribution in [2.45, 2.75) is 31.8 Å². The van der Waals surface area contributed by atoms with Crippen molar-refractivity contribution in [2.75, 3.05) is 25.2 Å². The van der Waals surface area contributed by atoms with E-state index in [4.69, 9.17) is 14.6 Å². The van der Waals surface area contributed by atoms with Crippen molar-refractivity contribution < 1.29 is 29.0 Å². The molecule has 8 nitrogen and oxygen atoms in total. The lowest BCUT2D eigenvalue weighted by Crippen LogP contribution is -2.42. The Kier molecular flexibility index (Phi) is 4.78. The van der Waals surface area contributed by atoms with Gasteiger partial charge in [0.05, 0.1) is 25.3 Å². The summed E-state index contributed by atoms with van der Waals surface area (Å²) in [5.41, 5.74) is 1.47. The fourth-order valence-corrected chi connectivity index (χ4v) is 3.19. The van der Waals surface area contributed by atoms with Gasteiger partial charge < -0.3 is 19.5 Å². The lowest BCUT2D eigenvalue weighted by Gasteiger charge is -2.32. The van der Waals surface area contributed by atoms with Crippen LogP contribution in [0.4, 0.5) is 10.5 Å². The molecule has 2 amide bonds. The second-order valence-electron chi connectivity index (χ2n) is 6.09. The standard InChI is InChI=1S/C17H20N2O6/c1-24-13-2-3-14-11(8-13)9-18(15(20)4-5-16(21)22)7-6-12-10-25-17(23)19(12)14/h2-3,8,12H,4-7,9-10H2,1H3,(H,21,22). The van der Waals surface area contributed by atoms with Crippen LogP contribution >= 0.6 is 0 Å². The topological polar surface area (TPSA) is 96.4 Å². The van der Waals surface area contributed by atoms with Crippen LogP contribution in [0.15, 0.2) is 18.2 Å². The Morgan fingerprint density at radius 3 is 2.88 bits per heavy atom. The van der Waals surface area contributed by atoms with E-state index in [1.54, 1.807) is 35.1 Å². The molecule has 0 spiro atoms. The molecule has 2 heterocycles. The summed E-state index contributed by atoms with van der Waals surface area (Å²) in [6.07, 6.45) is -0.0478. The van der Waals surface area contributed by atoms with Gasteiger partial charge in [-0.15, -0.1) is 0 Å². The number of fused-ring (bicyclic) bond motifs is 3. The predicted octanol–water partition coefficient (Wildman–Crippen LogP) is 1.62. The smallest absolute Gasteiger partial charge is 0.414 e. The number of rotatable bonds is 4. The van der Waals surface area contributed by atoms with Crippen molar-refractivity contribution in [3.05, 3.63) is 23.8 Å². The lowest BCUT2D eigenvalue weighted by molar-refractivity contribution is -0.141. The molecule has 1 saturated heterocycles. The van der Waals surface area contributed by atoms with E-state index in [2.05, 4.69) is 0 Å². The molecule has 0 saturated carbocycles. The van der Waals surface area contributed by atoms with Crippen molar-refractivity contribution in [2.24, 2.45) is 0 Å². The summed E-state index contributed by atoms with van der Waals surface area (Å²) in [6, 6.07) is 5.20. The third-order valence-electron chi connectivity index (χ3n) is 4.51. The molecule has 0 aromatic heterocycles. The molecule has 0 bridgehead atoms. The van der Waals surface area contributed by atoms with Crippen LogP contribution in [0, 0.1) is 0 Å². The molecule has 1 atom stereocenters. The Balaban J connectivity index is 1.91. The summed E-state index contributed by atoms with van der Waals surface area (Å²) in [5, 5.41) is 8.79. The number of carbonyl (C=O) groups is 3. The second-order valence-corrected chi connectivity index (χ2v) is 6.09. The highest BCUT2D eigenvalue weighted by atomic mass is 16.6. The highest BCUT2D eigenvalue weighted by molar-refractivity contribution is 5.91. The van der Waals surface area contributed by atoms with Gasteiger partial charge in [0, 0.05) is 19.5 Å². The monoisotopic (exact) mass is 348 g/mol. The van der Waals surface area contributed by atoms with Crippen LogP contribution in [-0.2, 0) is 20.9 Å². The summed E-state index contributed by atoms with van der Waals surface area (Å²) >= 11 is 0. The van der Waals surface area contributed by atoms with Crippen LogP contribution < -0.4 is 9.64 Å². The molecule has 1 fully saturated rings. The second kappa shape index (κ2) is 7.00. The molecule has 2 aliphatic heterocycles. The summed E-state index contributed by atoms with van der Waals surface area (Å²) in [4.78, 5) is 38.5. The van der Waals surface area contributed by atoms with Crippen molar-refractivity contribution in [3.63, 3.8) is 0 Å². The first-order valence-electron chi connectivity index (χ1n) is 8.12. The number of amides is 2. The molecule has 1 unspecified atom stereocenters. The number of methoxy groups -OCH3 is 1. The van der Waals surface area contributed by atoms with E-state index in [1.807, 2.05) is 0 Å². The Labute approximate surface area is 144 Å². The lowest BCUT2D eigenvalue weighted by atomic mass is 10.0. The number of hydrogen-bond acceptors (Lipinski definition) is 5. The molecule has 3 rings (SSSR count). The number of benzene rings is 1. The number of carboxylic acids is 1. The normalized spacial score (nSPS) is 19.4. The van der Waals surface area contributed by atoms with Gasteiger partial charge in [-0.3, -0.25) is 14.5 Å². The Hall–Kier alpha value is -2.77. The number of anilines is 1. The highest BCUT2D eigenvalue weighted by Gasteiger charge is 2.37. The molecule has 25 heavy (non-hydrogen) atoms. The first-order valence-corrected chi connectivity index (χ1v) is 8.12. The maximum absolute atomic E-state index is 12.4. The Morgan fingerprint density at radius 1 is 1.36 bits per heavy atom. The van der Waals surface area contributed by atoms with Crippen LogP contribution in [0.3, 0.4) is 0 Å². The highest BCUT2D eigenvalue weighted by Crippen LogP contribution is 2.34. The number of cyclic esters (lactones) is 1. The van der Waals surface area contributed by atoms with Gasteiger partial charge in [0.1, 0.15) is 12.4 Å². The Bertz CT molecular complexity index is 704. The molecule has 2 aliphatic rings. The van der Waals surface area contributed by atoms with Gasteiger partial charge in [0.25, 0.3) is 0 Å². The van der Waals surface area contributed by atoms with Crippen molar-refractivity contribution in [1.29, 1.82) is 0 Å². The third-order valence-corrected chi connectivity index (χ3v) is 4.51. The van der Waals surface area contributed by atoms with E-state index in [-0.39, 0.29) is 37.5 Å². The molecule has 1 aromatic rings. The van der Waals surface area contributed by atoms with Crippen LogP contribution in [0.2, 0.25) is 0 Å². The van der Waals surface area contributed by atoms with Crippen LogP contribution in [0.1, 0.15) is 24.8 Å². The summed E-state index contributed by atoms with van der Waals surface area (Å²) in [6.45, 7) is 1.01. The Morgan fingerprint density at radius 2 is 2.16 bits per heavy atom. The zero-order valence-corrected chi connectivity index (χ0v) is 13.9. The average Bonchev–Trinajstić information content (AvgIpc) is 2.94. The number of carboxylic acid groups (broad SMARTS) is 1. The van der Waals surface area contributed by atoms with Crippen molar-refractivity contribution in [1.82, 2.24) is 4.90 Å². The predicted molar refractivity (Wildman–Crippen MR) is 87.5 cm³/mol. The molecule has 0 aliphatic carbocycles. The number of aliphatic carboxylic acids is 1. The van der Waals surface area contributed by atoms with Gasteiger partial charge in [-0.1, -0.05) is 0 Å². The van der Waals surface area contributed by atoms with Crippen LogP contribution in [0.25, 0.3) is 0 Å². The van der Waals surface area contributed by atoms with E-state index in [0.717, 1.165) is 5.56 Å². The summed E-state index contributed by atoms with van der Waals surface area (Å²) in [5.74, 6) is -0.584. The fraction of sp³-hybridized carbons (Fsp3) is 0.471. The van der Waals surface area contributed by atoms with Gasteiger partial charge in [-0.05, 0) is 30.2 Å². The zero-order chi connectivity index (χ0) is 18.0. The number of hydrogen-bond donors (Lipinski definition) is 1. The van der Waals surface area contributed by atoms with E-state index in [1.165, 1.54) is 0 Å². The average molecular weight is 348 g/mol. The molecule has 0 radical (unpaired) electrons. The van der Waals surface area contributed by atoms with Crippen LogP contribution in [0.5, 0.6) is 5.75 Å². The van der Waals surface area contributed by atoms with E-state index < -0.39 is 5.97 Å². The first kappa shape index (κ1) is 17.1. The minimum absolute atomic E-state index is 0.0432. The number of ether oxygens (including phenoxy) is 2. The quantitative estimate of drug-likeness (QED) is 0.888. The van der Waals surface area contributed by atoms with Gasteiger partial charge in [0.15, 0.2) is 0 Å². The van der Waals surface area contributed by atoms with E-state index in [9.17, 15) is 14.4 Å². The van der Waals surface area contributed by atoms with Crippen LogP contribution in [-0.4, -0.2) is 54.3 Å². The maximum Gasteiger partial charge on any atom is 0.414 e. The van der Waals surface area contributed by atoms with Gasteiger partial charge >= 0.3 is 12.1 Å². The number of carbonyl (C=O) groups excluding carboxylic acids is 2. The molecule has 8 heteroatoms. The SMILES string of the molecule is COc1ccc2c(c1)CN(C(=O)CCC(=O)O)CCC1COC(=O)N21. The minimum atomic E-state index is -0.997. The van der Waals surface area contributed by atoms with Crippen molar-refractivity contribution >= 4 is 23.7 Å². The molecular weight excluding hydrogens is 328 g/mol.